The molecule has 2 fully saturated rings. The van der Waals surface area contributed by atoms with Gasteiger partial charge in [-0.3, -0.25) is 0 Å². The normalized spacial score (nSPS) is 17.4. The molecule has 0 aliphatic heterocycles. The van der Waals surface area contributed by atoms with Crippen molar-refractivity contribution >= 4 is 0 Å². The molecule has 0 aromatic carbocycles. The number of nitrogens with zero attached hydrogens (tertiary/aromatic N) is 1. The van der Waals surface area contributed by atoms with E-state index < -0.39 is 0 Å². The highest BCUT2D eigenvalue weighted by molar-refractivity contribution is 4.90. The van der Waals surface area contributed by atoms with Gasteiger partial charge in [0, 0.05) is 31.3 Å². The molecule has 0 amide bonds. The van der Waals surface area contributed by atoms with Crippen molar-refractivity contribution in [3.8, 4) is 0 Å². The zero-order valence-corrected chi connectivity index (χ0v) is 51.7. The van der Waals surface area contributed by atoms with Crippen LogP contribution in [0.4, 0.5) is 0 Å². The van der Waals surface area contributed by atoms with Crippen molar-refractivity contribution in [2.24, 2.45) is 80.2 Å². The highest BCUT2D eigenvalue weighted by Gasteiger charge is 2.36. The van der Waals surface area contributed by atoms with Gasteiger partial charge in [0.2, 0.25) is 0 Å². The molecule has 2 rings (SSSR count). The largest absolute Gasteiger partial charge is 0.379 e. The first-order valence-corrected chi connectivity index (χ1v) is 29.8. The number of nitrogens with two attached hydrogens (primary N) is 9. The van der Waals surface area contributed by atoms with Gasteiger partial charge in [-0.05, 0) is 172 Å². The molecule has 0 aromatic rings. The number of hydrogen-bond donors (Lipinski definition) is 9. The minimum absolute atomic E-state index is 0. The number of unbranched alkanes of at least 4 members (excludes halogenated alkanes) is 7. The molecular formula is C60H146N10O2. The Labute approximate surface area is 455 Å². The minimum Gasteiger partial charge on any atom is -0.379 e. The van der Waals surface area contributed by atoms with Gasteiger partial charge in [-0.15, -0.1) is 0 Å². The number of ether oxygens (including phenoxy) is 2. The monoisotopic (exact) mass is 1040 g/mol. The van der Waals surface area contributed by atoms with Gasteiger partial charge < -0.3 is 66.0 Å². The summed E-state index contributed by atoms with van der Waals surface area (Å²) in [6.45, 7) is 39.8. The van der Waals surface area contributed by atoms with Crippen LogP contribution in [-0.4, -0.2) is 109 Å². The second-order valence-corrected chi connectivity index (χ2v) is 22.6. The molecule has 0 spiro atoms. The molecule has 0 heterocycles. The Morgan fingerprint density at radius 1 is 0.569 bits per heavy atom. The lowest BCUT2D eigenvalue weighted by Gasteiger charge is -2.43. The predicted molar refractivity (Wildman–Crippen MR) is 331 cm³/mol. The zero-order chi connectivity index (χ0) is 56.2. The maximum absolute atomic E-state index is 5.99. The van der Waals surface area contributed by atoms with Gasteiger partial charge in [-0.1, -0.05) is 168 Å². The van der Waals surface area contributed by atoms with Crippen LogP contribution in [0.1, 0.15) is 258 Å². The summed E-state index contributed by atoms with van der Waals surface area (Å²) in [7, 11) is 4.21. The van der Waals surface area contributed by atoms with Crippen molar-refractivity contribution in [3.63, 3.8) is 0 Å². The van der Waals surface area contributed by atoms with E-state index in [4.69, 9.17) is 61.1 Å². The molecule has 0 saturated heterocycles. The van der Waals surface area contributed by atoms with Crippen molar-refractivity contribution in [2.45, 2.75) is 277 Å². The topological polar surface area (TPSA) is 256 Å². The lowest BCUT2D eigenvalue weighted by atomic mass is 9.64. The van der Waals surface area contributed by atoms with E-state index in [1.54, 1.807) is 0 Å². The summed E-state index contributed by atoms with van der Waals surface area (Å²) in [4.78, 5) is 2.21. The maximum atomic E-state index is 5.99. The Hall–Kier alpha value is -0.480. The van der Waals surface area contributed by atoms with Gasteiger partial charge in [0.25, 0.3) is 0 Å². The van der Waals surface area contributed by atoms with Crippen LogP contribution >= 0.6 is 0 Å². The fourth-order valence-electron chi connectivity index (χ4n) is 8.23. The van der Waals surface area contributed by atoms with Gasteiger partial charge in [0.05, 0.1) is 19.8 Å². The van der Waals surface area contributed by atoms with Crippen LogP contribution < -0.4 is 51.6 Å². The molecule has 2 saturated carbocycles. The Balaban J connectivity index is -0.000000107. The van der Waals surface area contributed by atoms with Crippen LogP contribution in [-0.2, 0) is 9.47 Å². The molecule has 18 N–H and O–H groups in total. The lowest BCUT2D eigenvalue weighted by molar-refractivity contribution is 0.0510. The average molecular weight is 1040 g/mol. The van der Waals surface area contributed by atoms with Gasteiger partial charge in [-0.2, -0.15) is 0 Å². The van der Waals surface area contributed by atoms with Crippen molar-refractivity contribution in [1.29, 1.82) is 0 Å². The first kappa shape index (κ1) is 88.2. The quantitative estimate of drug-likeness (QED) is 0.0348. The summed E-state index contributed by atoms with van der Waals surface area (Å²) >= 11 is 0. The van der Waals surface area contributed by atoms with Crippen molar-refractivity contribution in [1.82, 2.24) is 4.90 Å². The highest BCUT2D eigenvalue weighted by Crippen LogP contribution is 2.44. The van der Waals surface area contributed by atoms with E-state index in [2.05, 4.69) is 109 Å². The van der Waals surface area contributed by atoms with Crippen LogP contribution in [0, 0.1) is 28.6 Å². The molecule has 0 aromatic heterocycles. The molecule has 2 aliphatic rings. The Morgan fingerprint density at radius 3 is 1.38 bits per heavy atom. The van der Waals surface area contributed by atoms with Crippen molar-refractivity contribution in [3.05, 3.63) is 0 Å². The van der Waals surface area contributed by atoms with E-state index in [9.17, 15) is 0 Å². The second-order valence-electron chi connectivity index (χ2n) is 22.6. The fraction of sp³-hybridized carbons (Fsp3) is 1.00. The first-order valence-electron chi connectivity index (χ1n) is 29.8. The highest BCUT2D eigenvalue weighted by atomic mass is 16.5. The van der Waals surface area contributed by atoms with E-state index in [-0.39, 0.29) is 7.43 Å². The van der Waals surface area contributed by atoms with Crippen LogP contribution in [0.2, 0.25) is 0 Å². The molecule has 0 bridgehead atoms. The Kier molecular flexibility index (Phi) is 86.3. The van der Waals surface area contributed by atoms with Crippen molar-refractivity contribution < 1.29 is 9.47 Å². The summed E-state index contributed by atoms with van der Waals surface area (Å²) in [5, 5.41) is 0. The lowest BCUT2D eigenvalue weighted by Crippen LogP contribution is -2.40. The molecular weight excluding hydrogens is 893 g/mol. The summed E-state index contributed by atoms with van der Waals surface area (Å²) in [5.74, 6) is 2.51. The molecule has 5 atom stereocenters. The van der Waals surface area contributed by atoms with Crippen LogP contribution in [0.15, 0.2) is 0 Å². The van der Waals surface area contributed by atoms with Crippen molar-refractivity contribution in [2.75, 3.05) is 86.3 Å². The zero-order valence-electron chi connectivity index (χ0n) is 51.7. The summed E-state index contributed by atoms with van der Waals surface area (Å²) in [6, 6.07) is 1.15. The molecule has 12 nitrogen and oxygen atoms in total. The third-order valence-corrected chi connectivity index (χ3v) is 12.0. The molecule has 2 aliphatic carbocycles. The molecule has 0 radical (unpaired) electrons. The maximum Gasteiger partial charge on any atom is 0.0701 e. The molecule has 448 valence electrons. The molecule has 72 heavy (non-hydrogen) atoms. The number of rotatable bonds is 27. The van der Waals surface area contributed by atoms with E-state index >= 15 is 0 Å². The third-order valence-electron chi connectivity index (χ3n) is 12.0. The van der Waals surface area contributed by atoms with Crippen LogP contribution in [0.25, 0.3) is 0 Å². The fourth-order valence-corrected chi connectivity index (χ4v) is 8.23. The van der Waals surface area contributed by atoms with Gasteiger partial charge >= 0.3 is 0 Å². The van der Waals surface area contributed by atoms with Gasteiger partial charge in [-0.25, -0.2) is 0 Å². The Morgan fingerprint density at radius 2 is 1.08 bits per heavy atom. The van der Waals surface area contributed by atoms with E-state index in [1.807, 2.05) is 6.92 Å². The first-order chi connectivity index (χ1) is 33.5. The molecule has 12 heteroatoms. The van der Waals surface area contributed by atoms with Crippen LogP contribution in [0.5, 0.6) is 0 Å². The minimum atomic E-state index is 0. The second kappa shape index (κ2) is 70.5. The van der Waals surface area contributed by atoms with E-state index in [1.165, 1.54) is 135 Å². The average Bonchev–Trinajstić information content (AvgIpc) is 3.31. The smallest absolute Gasteiger partial charge is 0.0701 e. The molecule has 5 unspecified atom stereocenters. The Bertz CT molecular complexity index is 869. The summed E-state index contributed by atoms with van der Waals surface area (Å²) < 4.78 is 10.2. The van der Waals surface area contributed by atoms with Crippen LogP contribution in [0.3, 0.4) is 0 Å². The predicted octanol–water partition coefficient (Wildman–Crippen LogP) is 12.3. The summed E-state index contributed by atoms with van der Waals surface area (Å²) in [6.07, 6.45) is 30.2. The third kappa shape index (κ3) is 92.1. The summed E-state index contributed by atoms with van der Waals surface area (Å²) in [5.41, 5.74) is 49.7. The van der Waals surface area contributed by atoms with Gasteiger partial charge in [0.1, 0.15) is 0 Å². The standard InChI is InChI=1S/C10H21N.C8H17N.C7H17NO2.2C7H17N.C6H15N.C5H14N2.C5H13N.C4H11N.CH4/c1-9(2)5-8(11)6-10(3,4)7-9;1-7-3-2-4-8(5-7)6-9;1-2-4-9-6-7-10-5-3-8;1-3-4-5-7(2)6-8;1-2-3-4-5-6-7-8;1-4-5-6-7(2)3;1-2-5(7)3-4-6;1-3-4-5(2)6;1-2-3-4-5;/h8H,5-7,11H2,1-4H3;7-8H,2-6,9H2,1H3;2-8H2,1H3;7H,3-6,8H2,1-2H3;2-8H2,1H3;4-6H2,1-3H3;5H,2-4,6-7H2,1H3;5H,3-4,6H2,1-2H3;2-5H2,1H3;1H4. The number of hydrogen-bond acceptors (Lipinski definition) is 12. The van der Waals surface area contributed by atoms with E-state index in [0.29, 0.717) is 55.3 Å². The SMILES string of the molecule is C.CC1(C)CC(N)CC(C)(C)C1.CC1CCCC(CN)C1.CCC(N)CCN.CCCC(C)N.CCCCC(C)CN.CCCCCCCN.CCCCN.CCCCN(C)C.CCCOCCOCCN. The van der Waals surface area contributed by atoms with E-state index in [0.717, 1.165) is 82.8 Å². The van der Waals surface area contributed by atoms with Gasteiger partial charge in [0.15, 0.2) is 0 Å².